The first-order valence-electron chi connectivity index (χ1n) is 6.21. The van der Waals surface area contributed by atoms with Crippen LogP contribution in [0.2, 0.25) is 5.02 Å². The molecule has 0 fully saturated rings. The largest absolute Gasteiger partial charge is 0.373 e. The van der Waals surface area contributed by atoms with E-state index in [2.05, 4.69) is 20.6 Å². The van der Waals surface area contributed by atoms with Gasteiger partial charge in [-0.15, -0.1) is 0 Å². The molecule has 2 heterocycles. The smallest absolute Gasteiger partial charge is 0.253 e. The Balaban J connectivity index is 1.95. The molecule has 0 saturated heterocycles. The quantitative estimate of drug-likeness (QED) is 0.885. The number of hydrogen-bond acceptors (Lipinski definition) is 4. The number of nitrogens with one attached hydrogen (secondary N) is 2. The number of hydrogen-bond donors (Lipinski definition) is 2. The zero-order chi connectivity index (χ0) is 14.4. The van der Waals surface area contributed by atoms with Crippen LogP contribution in [-0.2, 0) is 6.42 Å². The lowest BCUT2D eigenvalue weighted by atomic mass is 10.2. The van der Waals surface area contributed by atoms with Crippen LogP contribution in [0.15, 0.2) is 36.8 Å². The van der Waals surface area contributed by atoms with Crippen LogP contribution in [0.1, 0.15) is 15.9 Å². The Labute approximate surface area is 122 Å². The Hall–Kier alpha value is -2.14. The van der Waals surface area contributed by atoms with Gasteiger partial charge in [0.05, 0.1) is 10.6 Å². The van der Waals surface area contributed by atoms with Gasteiger partial charge < -0.3 is 10.6 Å². The molecule has 6 heteroatoms. The minimum Gasteiger partial charge on any atom is -0.373 e. The number of anilines is 1. The lowest BCUT2D eigenvalue weighted by molar-refractivity contribution is 0.0954. The maximum Gasteiger partial charge on any atom is 0.253 e. The van der Waals surface area contributed by atoms with Crippen LogP contribution < -0.4 is 10.6 Å². The van der Waals surface area contributed by atoms with Crippen molar-refractivity contribution in [2.75, 3.05) is 18.9 Å². The second-order valence-electron chi connectivity index (χ2n) is 4.17. The molecule has 0 saturated carbocycles. The Morgan fingerprint density at radius 2 is 2.25 bits per heavy atom. The highest BCUT2D eigenvalue weighted by Gasteiger charge is 2.11. The van der Waals surface area contributed by atoms with Crippen LogP contribution in [-0.4, -0.2) is 29.5 Å². The van der Waals surface area contributed by atoms with E-state index in [1.54, 1.807) is 25.5 Å². The number of amides is 1. The summed E-state index contributed by atoms with van der Waals surface area (Å²) < 4.78 is 0. The molecule has 0 aromatic carbocycles. The van der Waals surface area contributed by atoms with Crippen molar-refractivity contribution in [3.63, 3.8) is 0 Å². The summed E-state index contributed by atoms with van der Waals surface area (Å²) in [6, 6.07) is 5.47. The summed E-state index contributed by atoms with van der Waals surface area (Å²) in [5.74, 6) is 0.393. The molecular formula is C14H15ClN4O. The second kappa shape index (κ2) is 6.86. The van der Waals surface area contributed by atoms with Gasteiger partial charge in [0.1, 0.15) is 5.82 Å². The molecule has 1 amide bonds. The molecule has 0 bridgehead atoms. The number of halogens is 1. The van der Waals surface area contributed by atoms with Gasteiger partial charge >= 0.3 is 0 Å². The van der Waals surface area contributed by atoms with Crippen molar-refractivity contribution in [3.05, 3.63) is 52.9 Å². The van der Waals surface area contributed by atoms with Crippen molar-refractivity contribution < 1.29 is 4.79 Å². The number of nitrogens with zero attached hydrogens (tertiary/aromatic N) is 2. The van der Waals surface area contributed by atoms with Crippen LogP contribution in [0.25, 0.3) is 0 Å². The van der Waals surface area contributed by atoms with Crippen LogP contribution in [0.4, 0.5) is 5.82 Å². The summed E-state index contributed by atoms with van der Waals surface area (Å²) in [5, 5.41) is 6.04. The maximum absolute atomic E-state index is 12.1. The van der Waals surface area contributed by atoms with E-state index in [4.69, 9.17) is 11.6 Å². The van der Waals surface area contributed by atoms with Gasteiger partial charge in [-0.3, -0.25) is 9.78 Å². The average molecular weight is 291 g/mol. The standard InChI is InChI=1S/C14H15ClN4O/c1-16-13-7-11(12(15)9-19-13)14(20)18-6-4-10-3-2-5-17-8-10/h2-3,5,7-9H,4,6H2,1H3,(H,16,19)(H,18,20). The monoisotopic (exact) mass is 290 g/mol. The van der Waals surface area contributed by atoms with Gasteiger partial charge in [0, 0.05) is 32.2 Å². The fraction of sp³-hybridized carbons (Fsp3) is 0.214. The van der Waals surface area contributed by atoms with Gasteiger partial charge in [-0.05, 0) is 24.1 Å². The van der Waals surface area contributed by atoms with E-state index in [9.17, 15) is 4.79 Å². The summed E-state index contributed by atoms with van der Waals surface area (Å²) in [6.45, 7) is 0.526. The summed E-state index contributed by atoms with van der Waals surface area (Å²) in [7, 11) is 1.74. The van der Waals surface area contributed by atoms with Crippen LogP contribution in [0, 0.1) is 0 Å². The summed E-state index contributed by atoms with van der Waals surface area (Å²) in [4.78, 5) is 20.1. The SMILES string of the molecule is CNc1cc(C(=O)NCCc2cccnc2)c(Cl)cn1. The number of rotatable bonds is 5. The Bertz CT molecular complexity index is 589. The molecule has 0 aliphatic carbocycles. The molecule has 0 aliphatic rings. The lowest BCUT2D eigenvalue weighted by Gasteiger charge is -2.08. The van der Waals surface area contributed by atoms with E-state index in [0.29, 0.717) is 22.9 Å². The average Bonchev–Trinajstić information content (AvgIpc) is 2.48. The zero-order valence-electron chi connectivity index (χ0n) is 11.1. The molecule has 2 aromatic rings. The number of aromatic nitrogens is 2. The van der Waals surface area contributed by atoms with Crippen molar-refractivity contribution in [1.29, 1.82) is 0 Å². The Morgan fingerprint density at radius 3 is 2.95 bits per heavy atom. The summed E-state index contributed by atoms with van der Waals surface area (Å²) in [5.41, 5.74) is 1.49. The zero-order valence-corrected chi connectivity index (χ0v) is 11.8. The van der Waals surface area contributed by atoms with E-state index in [1.165, 1.54) is 6.20 Å². The van der Waals surface area contributed by atoms with E-state index in [-0.39, 0.29) is 5.91 Å². The Kier molecular flexibility index (Phi) is 4.90. The fourth-order valence-corrected chi connectivity index (χ4v) is 1.90. The van der Waals surface area contributed by atoms with Crippen LogP contribution in [0.5, 0.6) is 0 Å². The first-order valence-corrected chi connectivity index (χ1v) is 6.59. The summed E-state index contributed by atoms with van der Waals surface area (Å²) in [6.07, 6.45) is 5.69. The fourth-order valence-electron chi connectivity index (χ4n) is 1.71. The van der Waals surface area contributed by atoms with E-state index in [0.717, 1.165) is 12.0 Å². The third-order valence-electron chi connectivity index (χ3n) is 2.78. The molecule has 0 atom stereocenters. The normalized spacial score (nSPS) is 10.1. The molecule has 0 radical (unpaired) electrons. The topological polar surface area (TPSA) is 66.9 Å². The highest BCUT2D eigenvalue weighted by molar-refractivity contribution is 6.33. The minimum atomic E-state index is -0.210. The van der Waals surface area contributed by atoms with Crippen LogP contribution >= 0.6 is 11.6 Å². The van der Waals surface area contributed by atoms with Crippen molar-refractivity contribution in [3.8, 4) is 0 Å². The predicted molar refractivity (Wildman–Crippen MR) is 79.1 cm³/mol. The van der Waals surface area contributed by atoms with Crippen LogP contribution in [0.3, 0.4) is 0 Å². The van der Waals surface area contributed by atoms with Gasteiger partial charge in [-0.2, -0.15) is 0 Å². The first-order chi connectivity index (χ1) is 9.70. The number of pyridine rings is 2. The third-order valence-corrected chi connectivity index (χ3v) is 3.08. The molecule has 0 aliphatic heterocycles. The van der Waals surface area contributed by atoms with Crippen molar-refractivity contribution in [2.45, 2.75) is 6.42 Å². The van der Waals surface area contributed by atoms with E-state index >= 15 is 0 Å². The molecule has 0 unspecified atom stereocenters. The van der Waals surface area contributed by atoms with E-state index in [1.807, 2.05) is 12.1 Å². The third kappa shape index (κ3) is 3.68. The van der Waals surface area contributed by atoms with Gasteiger partial charge in [0.2, 0.25) is 0 Å². The summed E-state index contributed by atoms with van der Waals surface area (Å²) >= 11 is 5.98. The molecule has 2 aromatic heterocycles. The van der Waals surface area contributed by atoms with Gasteiger partial charge in [0.15, 0.2) is 0 Å². The molecule has 104 valence electrons. The maximum atomic E-state index is 12.1. The molecular weight excluding hydrogens is 276 g/mol. The highest BCUT2D eigenvalue weighted by atomic mass is 35.5. The van der Waals surface area contributed by atoms with Gasteiger partial charge in [-0.1, -0.05) is 17.7 Å². The highest BCUT2D eigenvalue weighted by Crippen LogP contribution is 2.17. The molecule has 2 N–H and O–H groups in total. The molecule has 2 rings (SSSR count). The van der Waals surface area contributed by atoms with Gasteiger partial charge in [0.25, 0.3) is 5.91 Å². The second-order valence-corrected chi connectivity index (χ2v) is 4.57. The minimum absolute atomic E-state index is 0.210. The molecule has 5 nitrogen and oxygen atoms in total. The van der Waals surface area contributed by atoms with Crippen molar-refractivity contribution in [2.24, 2.45) is 0 Å². The van der Waals surface area contributed by atoms with Gasteiger partial charge in [-0.25, -0.2) is 4.98 Å². The molecule has 20 heavy (non-hydrogen) atoms. The number of carbonyl (C=O) groups is 1. The lowest BCUT2D eigenvalue weighted by Crippen LogP contribution is -2.26. The molecule has 0 spiro atoms. The Morgan fingerprint density at radius 1 is 1.40 bits per heavy atom. The van der Waals surface area contributed by atoms with Crippen molar-refractivity contribution >= 4 is 23.3 Å². The predicted octanol–water partition coefficient (Wildman–Crippen LogP) is 2.14. The van der Waals surface area contributed by atoms with Crippen molar-refractivity contribution in [1.82, 2.24) is 15.3 Å². The van der Waals surface area contributed by atoms with E-state index < -0.39 is 0 Å². The number of carbonyl (C=O) groups excluding carboxylic acids is 1. The first kappa shape index (κ1) is 14.3.